The number of esters is 1. The average molecular weight is 429 g/mol. The van der Waals surface area contributed by atoms with Gasteiger partial charge in [-0.15, -0.1) is 0 Å². The SMILES string of the molecule is COC(=O)C=Cc1cnc(N2CCN(C(=O)OC(C)(C)C)[C@H](C)C2)c(C(F)(F)F)c1. The van der Waals surface area contributed by atoms with E-state index < -0.39 is 29.4 Å². The molecule has 2 rings (SSSR count). The van der Waals surface area contributed by atoms with E-state index in [0.717, 1.165) is 12.1 Å². The molecule has 1 aliphatic rings. The second kappa shape index (κ2) is 8.93. The lowest BCUT2D eigenvalue weighted by Gasteiger charge is -2.41. The Balaban J connectivity index is 2.24. The molecule has 166 valence electrons. The Hall–Kier alpha value is -2.78. The summed E-state index contributed by atoms with van der Waals surface area (Å²) in [5, 5.41) is 0. The zero-order valence-electron chi connectivity index (χ0n) is 17.6. The van der Waals surface area contributed by atoms with Gasteiger partial charge < -0.3 is 19.3 Å². The van der Waals surface area contributed by atoms with Crippen LogP contribution < -0.4 is 4.90 Å². The van der Waals surface area contributed by atoms with Crippen molar-refractivity contribution in [1.82, 2.24) is 9.88 Å². The number of alkyl halides is 3. The van der Waals surface area contributed by atoms with Crippen LogP contribution in [0.4, 0.5) is 23.8 Å². The van der Waals surface area contributed by atoms with Crippen molar-refractivity contribution in [2.45, 2.75) is 45.5 Å². The molecule has 0 bridgehead atoms. The number of aromatic nitrogens is 1. The van der Waals surface area contributed by atoms with Gasteiger partial charge in [-0.05, 0) is 45.4 Å². The molecular weight excluding hydrogens is 403 g/mol. The second-order valence-electron chi connectivity index (χ2n) is 7.96. The van der Waals surface area contributed by atoms with Crippen molar-refractivity contribution in [2.75, 3.05) is 31.6 Å². The van der Waals surface area contributed by atoms with Crippen LogP contribution in [0.5, 0.6) is 0 Å². The smallest absolute Gasteiger partial charge is 0.419 e. The molecule has 1 amide bonds. The Morgan fingerprint density at radius 2 is 1.90 bits per heavy atom. The fourth-order valence-corrected chi connectivity index (χ4v) is 3.00. The monoisotopic (exact) mass is 429 g/mol. The summed E-state index contributed by atoms with van der Waals surface area (Å²) in [4.78, 5) is 30.5. The van der Waals surface area contributed by atoms with E-state index >= 15 is 0 Å². The normalized spacial score (nSPS) is 17.9. The summed E-state index contributed by atoms with van der Waals surface area (Å²) in [7, 11) is 1.17. The van der Waals surface area contributed by atoms with Gasteiger partial charge in [0, 0.05) is 37.9 Å². The predicted octanol–water partition coefficient (Wildman–Crippen LogP) is 3.73. The third kappa shape index (κ3) is 6.11. The maximum atomic E-state index is 13.7. The molecular formula is C20H26F3N3O4. The van der Waals surface area contributed by atoms with Crippen LogP contribution in [-0.2, 0) is 20.4 Å². The van der Waals surface area contributed by atoms with Crippen LogP contribution in [0.2, 0.25) is 0 Å². The molecule has 1 atom stereocenters. The number of rotatable bonds is 3. The van der Waals surface area contributed by atoms with E-state index in [1.807, 2.05) is 0 Å². The Kier molecular flexibility index (Phi) is 6.99. The molecule has 7 nitrogen and oxygen atoms in total. The maximum absolute atomic E-state index is 13.7. The third-order valence-electron chi connectivity index (χ3n) is 4.36. The number of halogens is 3. The van der Waals surface area contributed by atoms with E-state index in [9.17, 15) is 22.8 Å². The van der Waals surface area contributed by atoms with Crippen molar-refractivity contribution < 1.29 is 32.2 Å². The topological polar surface area (TPSA) is 72.0 Å². The number of carbonyl (C=O) groups excluding carboxylic acids is 2. The van der Waals surface area contributed by atoms with Gasteiger partial charge in [-0.1, -0.05) is 0 Å². The van der Waals surface area contributed by atoms with Crippen molar-refractivity contribution in [3.63, 3.8) is 0 Å². The van der Waals surface area contributed by atoms with E-state index in [0.29, 0.717) is 0 Å². The van der Waals surface area contributed by atoms with Gasteiger partial charge in [0.05, 0.1) is 12.7 Å². The first-order chi connectivity index (χ1) is 13.8. The highest BCUT2D eigenvalue weighted by molar-refractivity contribution is 5.87. The molecule has 0 N–H and O–H groups in total. The minimum Gasteiger partial charge on any atom is -0.466 e. The lowest BCUT2D eigenvalue weighted by atomic mass is 10.1. The first-order valence-corrected chi connectivity index (χ1v) is 9.39. The number of nitrogens with zero attached hydrogens (tertiary/aromatic N) is 3. The summed E-state index contributed by atoms with van der Waals surface area (Å²) in [6.07, 6.45) is -1.64. The van der Waals surface area contributed by atoms with Crippen molar-refractivity contribution >= 4 is 24.0 Å². The van der Waals surface area contributed by atoms with Gasteiger partial charge in [-0.25, -0.2) is 14.6 Å². The molecule has 0 radical (unpaired) electrons. The number of anilines is 1. The number of piperazine rings is 1. The number of methoxy groups -OCH3 is 1. The molecule has 1 fully saturated rings. The molecule has 2 heterocycles. The van der Waals surface area contributed by atoms with E-state index in [-0.39, 0.29) is 37.1 Å². The number of ether oxygens (including phenoxy) is 2. The summed E-state index contributed by atoms with van der Waals surface area (Å²) >= 11 is 0. The summed E-state index contributed by atoms with van der Waals surface area (Å²) < 4.78 is 50.8. The molecule has 10 heteroatoms. The largest absolute Gasteiger partial charge is 0.466 e. The zero-order chi connectivity index (χ0) is 22.7. The van der Waals surface area contributed by atoms with E-state index in [1.54, 1.807) is 27.7 Å². The van der Waals surface area contributed by atoms with Crippen LogP contribution in [0.25, 0.3) is 6.08 Å². The summed E-state index contributed by atoms with van der Waals surface area (Å²) in [5.74, 6) is -0.895. The maximum Gasteiger partial charge on any atom is 0.419 e. The van der Waals surface area contributed by atoms with Gasteiger partial charge in [0.2, 0.25) is 0 Å². The van der Waals surface area contributed by atoms with Crippen LogP contribution in [0.1, 0.15) is 38.8 Å². The second-order valence-corrected chi connectivity index (χ2v) is 7.96. The fourth-order valence-electron chi connectivity index (χ4n) is 3.00. The lowest BCUT2D eigenvalue weighted by molar-refractivity contribution is -0.137. The number of carbonyl (C=O) groups is 2. The van der Waals surface area contributed by atoms with Gasteiger partial charge >= 0.3 is 18.2 Å². The Morgan fingerprint density at radius 1 is 1.23 bits per heavy atom. The first-order valence-electron chi connectivity index (χ1n) is 9.39. The lowest BCUT2D eigenvalue weighted by Crippen LogP contribution is -2.55. The summed E-state index contributed by atoms with van der Waals surface area (Å²) in [6.45, 7) is 7.56. The van der Waals surface area contributed by atoms with Crippen molar-refractivity contribution in [3.05, 3.63) is 29.5 Å². The van der Waals surface area contributed by atoms with Crippen LogP contribution in [0.15, 0.2) is 18.3 Å². The quantitative estimate of drug-likeness (QED) is 0.539. The molecule has 1 aromatic heterocycles. The van der Waals surface area contributed by atoms with E-state index in [4.69, 9.17) is 4.74 Å². The number of hydrogen-bond donors (Lipinski definition) is 0. The predicted molar refractivity (Wildman–Crippen MR) is 105 cm³/mol. The molecule has 1 aromatic rings. The molecule has 0 saturated carbocycles. The van der Waals surface area contributed by atoms with E-state index in [1.165, 1.54) is 29.2 Å². The minimum atomic E-state index is -4.64. The van der Waals surface area contributed by atoms with Crippen LogP contribution in [-0.4, -0.2) is 60.3 Å². The average Bonchev–Trinajstić information content (AvgIpc) is 2.63. The highest BCUT2D eigenvalue weighted by atomic mass is 19.4. The standard InChI is InChI=1S/C20H26F3N3O4/c1-13-12-25(8-9-26(13)18(28)30-19(2,3)4)17-15(20(21,22)23)10-14(11-24-17)6-7-16(27)29-5/h6-7,10-11,13H,8-9,12H2,1-5H3/t13-/m1/s1. The molecule has 0 aromatic carbocycles. The van der Waals surface area contributed by atoms with Crippen LogP contribution >= 0.6 is 0 Å². The highest BCUT2D eigenvalue weighted by Gasteiger charge is 2.38. The van der Waals surface area contributed by atoms with Gasteiger partial charge in [-0.3, -0.25) is 0 Å². The minimum absolute atomic E-state index is 0.122. The van der Waals surface area contributed by atoms with Gasteiger partial charge in [0.1, 0.15) is 11.4 Å². The zero-order valence-corrected chi connectivity index (χ0v) is 17.6. The summed E-state index contributed by atoms with van der Waals surface area (Å²) in [5.41, 5.74) is -1.45. The molecule has 0 unspecified atom stereocenters. The number of hydrogen-bond acceptors (Lipinski definition) is 6. The van der Waals surface area contributed by atoms with Crippen LogP contribution in [0.3, 0.4) is 0 Å². The van der Waals surface area contributed by atoms with E-state index in [2.05, 4.69) is 9.72 Å². The third-order valence-corrected chi connectivity index (χ3v) is 4.36. The number of amides is 1. The van der Waals surface area contributed by atoms with Gasteiger partial charge in [0.15, 0.2) is 0 Å². The molecule has 0 spiro atoms. The first kappa shape index (κ1) is 23.5. The summed E-state index contributed by atoms with van der Waals surface area (Å²) in [6, 6.07) is 0.572. The molecule has 1 aliphatic heterocycles. The van der Waals surface area contributed by atoms with Crippen molar-refractivity contribution in [3.8, 4) is 0 Å². The Bertz CT molecular complexity index is 818. The fraction of sp³-hybridized carbons (Fsp3) is 0.550. The molecule has 30 heavy (non-hydrogen) atoms. The highest BCUT2D eigenvalue weighted by Crippen LogP contribution is 2.37. The molecule has 1 saturated heterocycles. The Morgan fingerprint density at radius 3 is 2.43 bits per heavy atom. The van der Waals surface area contributed by atoms with Crippen molar-refractivity contribution in [1.29, 1.82) is 0 Å². The van der Waals surface area contributed by atoms with Crippen LogP contribution in [0, 0.1) is 0 Å². The van der Waals surface area contributed by atoms with Crippen molar-refractivity contribution in [2.24, 2.45) is 0 Å². The van der Waals surface area contributed by atoms with Gasteiger partial charge in [0.25, 0.3) is 0 Å². The Labute approximate surface area is 173 Å². The molecule has 0 aliphatic carbocycles. The number of pyridine rings is 1. The van der Waals surface area contributed by atoms with Gasteiger partial charge in [-0.2, -0.15) is 13.2 Å².